The summed E-state index contributed by atoms with van der Waals surface area (Å²) in [6.07, 6.45) is -10.7. The van der Waals surface area contributed by atoms with Gasteiger partial charge in [0.15, 0.2) is 6.29 Å². The summed E-state index contributed by atoms with van der Waals surface area (Å²) in [6, 6.07) is 77.7. The summed E-state index contributed by atoms with van der Waals surface area (Å²) in [5.41, 5.74) is 14.4. The molecule has 11 N–H and O–H groups in total. The molecule has 3 saturated heterocycles. The van der Waals surface area contributed by atoms with Gasteiger partial charge in [0.2, 0.25) is 0 Å². The fourth-order valence-corrected chi connectivity index (χ4v) is 12.4. The third-order valence-corrected chi connectivity index (χ3v) is 18.2. The van der Waals surface area contributed by atoms with E-state index >= 15 is 0 Å². The van der Waals surface area contributed by atoms with Crippen molar-refractivity contribution in [3.8, 4) is 0 Å². The Morgan fingerprint density at radius 3 is 0.991 bits per heavy atom. The van der Waals surface area contributed by atoms with Gasteiger partial charge < -0.3 is 93.2 Å². The predicted molar refractivity (Wildman–Crippen MR) is 414 cm³/mol. The lowest BCUT2D eigenvalue weighted by atomic mass is 9.99. The van der Waals surface area contributed by atoms with E-state index in [9.17, 15) is 29.7 Å². The minimum Gasteiger partial charge on any atom is -0.394 e. The van der Waals surface area contributed by atoms with Crippen LogP contribution in [0.2, 0.25) is 0 Å². The molecule has 28 heteroatoms. The van der Waals surface area contributed by atoms with Crippen LogP contribution in [0, 0.1) is 0 Å². The highest BCUT2D eigenvalue weighted by molar-refractivity contribution is 5.73. The van der Waals surface area contributed by atoms with Crippen LogP contribution in [0.25, 0.3) is 0 Å². The number of rotatable bonds is 41. The van der Waals surface area contributed by atoms with Crippen molar-refractivity contribution < 1.29 is 107 Å². The molecule has 0 bridgehead atoms. The van der Waals surface area contributed by atoms with Crippen molar-refractivity contribution >= 4 is 18.1 Å². The highest BCUT2D eigenvalue weighted by Gasteiger charge is 2.50. The minimum absolute atomic E-state index is 0.00305. The second kappa shape index (κ2) is 50.1. The van der Waals surface area contributed by atoms with Gasteiger partial charge in [0, 0.05) is 19.6 Å². The van der Waals surface area contributed by atoms with Crippen molar-refractivity contribution in [2.45, 2.75) is 158 Å². The van der Waals surface area contributed by atoms with Gasteiger partial charge in [0.1, 0.15) is 73.2 Å². The molecule has 3 unspecified atom stereocenters. The van der Waals surface area contributed by atoms with E-state index in [4.69, 9.17) is 76.8 Å². The SMILES string of the molecule is CC1O[C@@H]([C@@H](COCc2ccccc2)OCc2ccccc2)[C@H](OCc2ccccc2)[C@H]1OCCNC(=O)NOCc1ccccc1.CC1O[C@@H]([C@@H](COCc2ccccc2)OCc2ccccc2)[C@H](OCc2ccccc2)[C@H]1OCCNC(=O)NOCc1ccccc1.O=C(NO)NCCO[C@H]1[C@H](O)[C@@H](CO)OC(O)[C@@H]1O. The van der Waals surface area contributed by atoms with E-state index in [1.54, 1.807) is 0 Å². The molecule has 3 fully saturated rings. The first-order chi connectivity index (χ1) is 55.3. The number of ether oxygens (including phenoxy) is 12. The molecule has 3 aliphatic heterocycles. The third-order valence-electron chi connectivity index (χ3n) is 18.2. The van der Waals surface area contributed by atoms with E-state index in [1.807, 2.05) is 257 Å². The summed E-state index contributed by atoms with van der Waals surface area (Å²) < 4.78 is 74.1. The Kier molecular flexibility index (Phi) is 38.9. The van der Waals surface area contributed by atoms with Gasteiger partial charge in [0.25, 0.3) is 0 Å². The van der Waals surface area contributed by atoms with E-state index in [-0.39, 0.29) is 64.9 Å². The molecule has 28 nitrogen and oxygen atoms in total. The van der Waals surface area contributed by atoms with E-state index in [2.05, 4.69) is 26.9 Å². The molecule has 15 atom stereocenters. The van der Waals surface area contributed by atoms with Crippen LogP contribution in [0.3, 0.4) is 0 Å². The van der Waals surface area contributed by atoms with E-state index < -0.39 is 104 Å². The van der Waals surface area contributed by atoms with E-state index in [0.29, 0.717) is 52.9 Å². The zero-order valence-electron chi connectivity index (χ0n) is 63.5. The largest absolute Gasteiger partial charge is 0.394 e. The van der Waals surface area contributed by atoms with Crippen LogP contribution in [-0.4, -0.2) is 195 Å². The summed E-state index contributed by atoms with van der Waals surface area (Å²) in [4.78, 5) is 45.8. The number of aliphatic hydroxyl groups excluding tert-OH is 4. The van der Waals surface area contributed by atoms with Crippen LogP contribution >= 0.6 is 0 Å². The van der Waals surface area contributed by atoms with Crippen molar-refractivity contribution in [1.29, 1.82) is 0 Å². The van der Waals surface area contributed by atoms with Crippen LogP contribution in [-0.2, 0) is 119 Å². The molecule has 0 aromatic heterocycles. The van der Waals surface area contributed by atoms with Crippen LogP contribution in [0.15, 0.2) is 243 Å². The molecule has 11 rings (SSSR count). The zero-order chi connectivity index (χ0) is 79.5. The Balaban J connectivity index is 0.000000211. The number of amides is 6. The molecule has 0 saturated carbocycles. The average Bonchev–Trinajstić information content (AvgIpc) is 1.74. The normalized spacial score (nSPS) is 22.2. The highest BCUT2D eigenvalue weighted by atomic mass is 16.7. The number of aliphatic hydroxyl groups is 4. The lowest BCUT2D eigenvalue weighted by Crippen LogP contribution is -2.59. The van der Waals surface area contributed by atoms with Gasteiger partial charge >= 0.3 is 18.1 Å². The van der Waals surface area contributed by atoms with Crippen molar-refractivity contribution in [2.75, 3.05) is 59.3 Å². The first kappa shape index (κ1) is 87.8. The average molecular weight is 1560 g/mol. The van der Waals surface area contributed by atoms with Crippen molar-refractivity contribution in [1.82, 2.24) is 32.4 Å². The van der Waals surface area contributed by atoms with Crippen molar-refractivity contribution in [2.24, 2.45) is 0 Å². The maximum atomic E-state index is 12.3. The quantitative estimate of drug-likeness (QED) is 0.00972. The number of carbonyl (C=O) groups is 3. The number of urea groups is 3. The number of hydrogen-bond donors (Lipinski definition) is 11. The molecule has 0 aliphatic carbocycles. The Bertz CT molecular complexity index is 3630. The smallest absolute Gasteiger partial charge is 0.338 e. The monoisotopic (exact) mass is 1560 g/mol. The first-order valence-electron chi connectivity index (χ1n) is 37.7. The summed E-state index contributed by atoms with van der Waals surface area (Å²) in [7, 11) is 0. The fourth-order valence-electron chi connectivity index (χ4n) is 12.4. The zero-order valence-corrected chi connectivity index (χ0v) is 63.5. The minimum atomic E-state index is -1.58. The van der Waals surface area contributed by atoms with E-state index in [0.717, 1.165) is 44.5 Å². The first-order valence-corrected chi connectivity index (χ1v) is 37.7. The van der Waals surface area contributed by atoms with Gasteiger partial charge in [-0.05, 0) is 58.4 Å². The number of hydrogen-bond acceptors (Lipinski definition) is 22. The molecule has 3 aliphatic rings. The summed E-state index contributed by atoms with van der Waals surface area (Å²) in [5, 5.41) is 53.6. The lowest BCUT2D eigenvalue weighted by molar-refractivity contribution is -0.294. The van der Waals surface area contributed by atoms with Gasteiger partial charge in [-0.25, -0.2) is 30.8 Å². The van der Waals surface area contributed by atoms with Gasteiger partial charge in [-0.1, -0.05) is 243 Å². The Morgan fingerprint density at radius 2 is 0.664 bits per heavy atom. The molecule has 3 heterocycles. The van der Waals surface area contributed by atoms with Gasteiger partial charge in [-0.2, -0.15) is 0 Å². The summed E-state index contributed by atoms with van der Waals surface area (Å²) in [5.74, 6) is 0. The molecular weight excluding hydrogens is 1460 g/mol. The molecule has 8 aromatic rings. The second-order valence-corrected chi connectivity index (χ2v) is 26.7. The van der Waals surface area contributed by atoms with Crippen LogP contribution in [0.5, 0.6) is 0 Å². The number of hydroxylamine groups is 3. The van der Waals surface area contributed by atoms with Crippen LogP contribution in [0.4, 0.5) is 14.4 Å². The maximum Gasteiger partial charge on any atom is 0.338 e. The molecular formula is C85H106N6O22. The maximum absolute atomic E-state index is 12.3. The fraction of sp³-hybridized carbons (Fsp3) is 0.400. The molecule has 0 spiro atoms. The molecule has 608 valence electrons. The second-order valence-electron chi connectivity index (χ2n) is 26.7. The van der Waals surface area contributed by atoms with Gasteiger partial charge in [-0.15, -0.1) is 0 Å². The van der Waals surface area contributed by atoms with E-state index in [1.165, 1.54) is 5.48 Å². The van der Waals surface area contributed by atoms with Crippen molar-refractivity contribution in [3.63, 3.8) is 0 Å². The third kappa shape index (κ3) is 30.9. The lowest BCUT2D eigenvalue weighted by Gasteiger charge is -2.39. The predicted octanol–water partition coefficient (Wildman–Crippen LogP) is 8.45. The van der Waals surface area contributed by atoms with Crippen molar-refractivity contribution in [3.05, 3.63) is 287 Å². The van der Waals surface area contributed by atoms with Crippen LogP contribution in [0.1, 0.15) is 58.4 Å². The molecule has 113 heavy (non-hydrogen) atoms. The number of nitrogens with one attached hydrogen (secondary N) is 6. The molecule has 6 amide bonds. The number of benzene rings is 8. The standard InChI is InChI=1S/2C38H44N2O7.C9H18N2O8/c2*1-29-35(43-23-22-39-38(41)40-46-27-33-20-12-5-13-21-33)37(45-26-32-18-10-4-11-19-32)36(47-29)34(44-25-31-16-8-3-9-17-31)28-42-24-30-14-6-2-7-15-30;12-3-4-5(13)7(6(14)8(15)19-4)18-2-1-10-9(16)11-17/h2*2-21,29,34-37H,22-28H2,1H3,(H2,39,40,41);4-8,12-15,17H,1-3H2,(H2,10,11,16)/t2*29?,34-,35+,36+,37-;4-,5-,6-,7+,8?/m111/s1. The Hall–Kier alpha value is -9.19. The summed E-state index contributed by atoms with van der Waals surface area (Å²) in [6.45, 7) is 7.98. The number of carbonyl (C=O) groups excluding carboxylic acids is 3. The van der Waals surface area contributed by atoms with Gasteiger partial charge in [-0.3, -0.25) is 14.9 Å². The van der Waals surface area contributed by atoms with Gasteiger partial charge in [0.05, 0.1) is 105 Å². The Labute approximate surface area is 659 Å². The molecule has 8 aromatic carbocycles. The Morgan fingerprint density at radius 1 is 0.363 bits per heavy atom. The topological polar surface area (TPSA) is 354 Å². The molecule has 0 radical (unpaired) electrons. The van der Waals surface area contributed by atoms with Crippen LogP contribution < -0.4 is 32.4 Å². The highest BCUT2D eigenvalue weighted by Crippen LogP contribution is 2.34. The summed E-state index contributed by atoms with van der Waals surface area (Å²) >= 11 is 0.